The Morgan fingerprint density at radius 3 is 2.78 bits per heavy atom. The standard InChI is InChI=1S/C13H13N3O2/c1-2-18-13(17)12-11(8-9-14-16-12)15-10-6-4-3-5-7-10/h3-9H,2H2,1H3,(H,14,15). The molecule has 0 radical (unpaired) electrons. The second kappa shape index (κ2) is 5.77. The molecule has 1 N–H and O–H groups in total. The molecule has 0 saturated heterocycles. The molecular formula is C13H13N3O2. The molecule has 0 unspecified atom stereocenters. The van der Waals surface area contributed by atoms with E-state index < -0.39 is 5.97 Å². The Morgan fingerprint density at radius 2 is 2.06 bits per heavy atom. The van der Waals surface area contributed by atoms with E-state index in [2.05, 4.69) is 15.5 Å². The molecule has 0 amide bonds. The van der Waals surface area contributed by atoms with Crippen molar-refractivity contribution in [3.63, 3.8) is 0 Å². The zero-order chi connectivity index (χ0) is 12.8. The van der Waals surface area contributed by atoms with Crippen LogP contribution in [0.15, 0.2) is 42.6 Å². The van der Waals surface area contributed by atoms with Crippen LogP contribution in [0.25, 0.3) is 0 Å². The molecule has 5 heteroatoms. The summed E-state index contributed by atoms with van der Waals surface area (Å²) in [6, 6.07) is 11.2. The summed E-state index contributed by atoms with van der Waals surface area (Å²) in [5, 5.41) is 10.6. The van der Waals surface area contributed by atoms with Gasteiger partial charge >= 0.3 is 5.97 Å². The fourth-order valence-corrected chi connectivity index (χ4v) is 1.46. The first-order valence-corrected chi connectivity index (χ1v) is 5.62. The third-order valence-corrected chi connectivity index (χ3v) is 2.24. The van der Waals surface area contributed by atoms with Crippen molar-refractivity contribution in [2.24, 2.45) is 0 Å². The molecular weight excluding hydrogens is 230 g/mol. The summed E-state index contributed by atoms with van der Waals surface area (Å²) >= 11 is 0. The van der Waals surface area contributed by atoms with Crippen molar-refractivity contribution in [3.05, 3.63) is 48.3 Å². The Bertz CT molecular complexity index is 529. The van der Waals surface area contributed by atoms with Gasteiger partial charge in [-0.2, -0.15) is 5.10 Å². The SMILES string of the molecule is CCOC(=O)c1nnccc1Nc1ccccc1. The molecule has 1 heterocycles. The maximum atomic E-state index is 11.7. The van der Waals surface area contributed by atoms with Crippen molar-refractivity contribution in [2.75, 3.05) is 11.9 Å². The number of rotatable bonds is 4. The summed E-state index contributed by atoms with van der Waals surface area (Å²) < 4.78 is 4.92. The molecule has 0 saturated carbocycles. The molecule has 0 aliphatic carbocycles. The summed E-state index contributed by atoms with van der Waals surface area (Å²) in [7, 11) is 0. The van der Waals surface area contributed by atoms with Crippen LogP contribution < -0.4 is 5.32 Å². The van der Waals surface area contributed by atoms with Crippen LogP contribution in [0.3, 0.4) is 0 Å². The fourth-order valence-electron chi connectivity index (χ4n) is 1.46. The lowest BCUT2D eigenvalue weighted by Gasteiger charge is -2.09. The highest BCUT2D eigenvalue weighted by atomic mass is 16.5. The van der Waals surface area contributed by atoms with Crippen molar-refractivity contribution >= 4 is 17.3 Å². The van der Waals surface area contributed by atoms with Crippen LogP contribution in [0.4, 0.5) is 11.4 Å². The molecule has 1 aromatic carbocycles. The molecule has 5 nitrogen and oxygen atoms in total. The monoisotopic (exact) mass is 243 g/mol. The second-order valence-electron chi connectivity index (χ2n) is 3.50. The number of para-hydroxylation sites is 1. The number of aromatic nitrogens is 2. The molecule has 0 aliphatic rings. The van der Waals surface area contributed by atoms with E-state index >= 15 is 0 Å². The number of hydrogen-bond acceptors (Lipinski definition) is 5. The van der Waals surface area contributed by atoms with Crippen molar-refractivity contribution in [1.29, 1.82) is 0 Å². The molecule has 0 bridgehead atoms. The summed E-state index contributed by atoms with van der Waals surface area (Å²) in [6.07, 6.45) is 1.52. The topological polar surface area (TPSA) is 64.1 Å². The smallest absolute Gasteiger partial charge is 0.361 e. The maximum Gasteiger partial charge on any atom is 0.361 e. The predicted molar refractivity (Wildman–Crippen MR) is 67.7 cm³/mol. The van der Waals surface area contributed by atoms with Crippen molar-refractivity contribution in [1.82, 2.24) is 10.2 Å². The van der Waals surface area contributed by atoms with Crippen LogP contribution in [-0.2, 0) is 4.74 Å². The number of esters is 1. The number of nitrogens with zero attached hydrogens (tertiary/aromatic N) is 2. The molecule has 1 aromatic heterocycles. The van der Waals surface area contributed by atoms with Gasteiger partial charge in [0.25, 0.3) is 0 Å². The van der Waals surface area contributed by atoms with Gasteiger partial charge in [0.1, 0.15) is 0 Å². The fraction of sp³-hybridized carbons (Fsp3) is 0.154. The van der Waals surface area contributed by atoms with Crippen LogP contribution in [0.5, 0.6) is 0 Å². The quantitative estimate of drug-likeness (QED) is 0.835. The number of nitrogens with one attached hydrogen (secondary N) is 1. The number of hydrogen-bond donors (Lipinski definition) is 1. The number of ether oxygens (including phenoxy) is 1. The van der Waals surface area contributed by atoms with Gasteiger partial charge in [-0.15, -0.1) is 5.10 Å². The minimum Gasteiger partial charge on any atom is -0.461 e. The third kappa shape index (κ3) is 2.82. The van der Waals surface area contributed by atoms with Crippen molar-refractivity contribution in [2.45, 2.75) is 6.92 Å². The van der Waals surface area contributed by atoms with E-state index in [0.29, 0.717) is 12.3 Å². The number of anilines is 2. The lowest BCUT2D eigenvalue weighted by Crippen LogP contribution is -2.11. The first-order valence-electron chi connectivity index (χ1n) is 5.62. The van der Waals surface area contributed by atoms with Gasteiger partial charge in [0, 0.05) is 5.69 Å². The highest BCUT2D eigenvalue weighted by Crippen LogP contribution is 2.18. The van der Waals surface area contributed by atoms with E-state index in [0.717, 1.165) is 5.69 Å². The van der Waals surface area contributed by atoms with E-state index in [1.807, 2.05) is 30.3 Å². The molecule has 18 heavy (non-hydrogen) atoms. The van der Waals surface area contributed by atoms with Crippen LogP contribution in [0.1, 0.15) is 17.4 Å². The van der Waals surface area contributed by atoms with Gasteiger partial charge in [-0.05, 0) is 25.1 Å². The van der Waals surface area contributed by atoms with Gasteiger partial charge in [-0.3, -0.25) is 0 Å². The Kier molecular flexibility index (Phi) is 3.86. The van der Waals surface area contributed by atoms with Crippen LogP contribution in [-0.4, -0.2) is 22.8 Å². The van der Waals surface area contributed by atoms with Crippen molar-refractivity contribution < 1.29 is 9.53 Å². The first kappa shape index (κ1) is 12.0. The molecule has 92 valence electrons. The summed E-state index contributed by atoms with van der Waals surface area (Å²) in [5.41, 5.74) is 1.63. The lowest BCUT2D eigenvalue weighted by molar-refractivity contribution is 0.0519. The van der Waals surface area contributed by atoms with Gasteiger partial charge in [-0.25, -0.2) is 4.79 Å². The average molecular weight is 243 g/mol. The van der Waals surface area contributed by atoms with Gasteiger partial charge in [0.05, 0.1) is 18.5 Å². The molecule has 0 fully saturated rings. The van der Waals surface area contributed by atoms with Crippen LogP contribution in [0, 0.1) is 0 Å². The van der Waals surface area contributed by atoms with E-state index in [1.165, 1.54) is 6.20 Å². The zero-order valence-electron chi connectivity index (χ0n) is 9.96. The van der Waals surface area contributed by atoms with Gasteiger partial charge < -0.3 is 10.1 Å². The van der Waals surface area contributed by atoms with Crippen LogP contribution in [0.2, 0.25) is 0 Å². The first-order chi connectivity index (χ1) is 8.81. The normalized spacial score (nSPS) is 9.83. The largest absolute Gasteiger partial charge is 0.461 e. The van der Waals surface area contributed by atoms with Gasteiger partial charge in [-0.1, -0.05) is 18.2 Å². The summed E-state index contributed by atoms with van der Waals surface area (Å²) in [4.78, 5) is 11.7. The third-order valence-electron chi connectivity index (χ3n) is 2.24. The average Bonchev–Trinajstić information content (AvgIpc) is 2.41. The Balaban J connectivity index is 2.25. The van der Waals surface area contributed by atoms with Gasteiger partial charge in [0.2, 0.25) is 0 Å². The molecule has 2 rings (SSSR count). The molecule has 2 aromatic rings. The second-order valence-corrected chi connectivity index (χ2v) is 3.50. The van der Waals surface area contributed by atoms with E-state index in [-0.39, 0.29) is 5.69 Å². The number of benzene rings is 1. The minimum atomic E-state index is -0.482. The molecule has 0 aliphatic heterocycles. The Labute approximate surface area is 105 Å². The van der Waals surface area contributed by atoms with Crippen molar-refractivity contribution in [3.8, 4) is 0 Å². The van der Waals surface area contributed by atoms with E-state index in [9.17, 15) is 4.79 Å². The summed E-state index contributed by atoms with van der Waals surface area (Å²) in [6.45, 7) is 2.05. The molecule has 0 atom stereocenters. The van der Waals surface area contributed by atoms with Crippen LogP contribution >= 0.6 is 0 Å². The highest BCUT2D eigenvalue weighted by molar-refractivity contribution is 5.94. The number of carbonyl (C=O) groups excluding carboxylic acids is 1. The lowest BCUT2D eigenvalue weighted by atomic mass is 10.2. The number of carbonyl (C=O) groups is 1. The predicted octanol–water partition coefficient (Wildman–Crippen LogP) is 2.40. The van der Waals surface area contributed by atoms with E-state index in [4.69, 9.17) is 4.74 Å². The van der Waals surface area contributed by atoms with Gasteiger partial charge in [0.15, 0.2) is 5.69 Å². The minimum absolute atomic E-state index is 0.184. The Hall–Kier alpha value is -2.43. The maximum absolute atomic E-state index is 11.7. The summed E-state index contributed by atoms with van der Waals surface area (Å²) in [5.74, 6) is -0.482. The Morgan fingerprint density at radius 1 is 1.28 bits per heavy atom. The van der Waals surface area contributed by atoms with E-state index in [1.54, 1.807) is 13.0 Å². The highest BCUT2D eigenvalue weighted by Gasteiger charge is 2.14. The zero-order valence-corrected chi connectivity index (χ0v) is 9.96. The molecule has 0 spiro atoms.